The van der Waals surface area contributed by atoms with Crippen LogP contribution in [-0.4, -0.2) is 37.8 Å². The summed E-state index contributed by atoms with van der Waals surface area (Å²) in [5, 5.41) is 0. The Labute approximate surface area is 158 Å². The first-order valence-electron chi connectivity index (χ1n) is 8.21. The van der Waals surface area contributed by atoms with Crippen LogP contribution in [0.4, 0.5) is 8.78 Å². The molecule has 0 unspecified atom stereocenters. The van der Waals surface area contributed by atoms with Crippen molar-refractivity contribution in [1.82, 2.24) is 4.90 Å². The normalized spacial score (nSPS) is 20.0. The van der Waals surface area contributed by atoms with E-state index in [1.807, 2.05) is 24.3 Å². The van der Waals surface area contributed by atoms with Gasteiger partial charge in [-0.25, -0.2) is 0 Å². The molecular formula is C19H23ClF2N2O2. The SMILES string of the molecule is COc1ccc(CN2C[C@@H](N)[C@H](c3ccccc3)C2)cc1OC(F)F.Cl. The fraction of sp³-hybridized carbons (Fsp3) is 0.368. The number of hydrogen-bond donors (Lipinski definition) is 1. The van der Waals surface area contributed by atoms with E-state index in [1.54, 1.807) is 12.1 Å². The molecule has 1 saturated heterocycles. The molecule has 2 aromatic carbocycles. The Morgan fingerprint density at radius 2 is 1.85 bits per heavy atom. The summed E-state index contributed by atoms with van der Waals surface area (Å²) in [6.45, 7) is -0.661. The average molecular weight is 385 g/mol. The summed E-state index contributed by atoms with van der Waals surface area (Å²) in [6.07, 6.45) is 0. The minimum Gasteiger partial charge on any atom is -0.493 e. The van der Waals surface area contributed by atoms with Crippen LogP contribution in [0.25, 0.3) is 0 Å². The van der Waals surface area contributed by atoms with Gasteiger partial charge in [0.2, 0.25) is 0 Å². The van der Waals surface area contributed by atoms with Gasteiger partial charge in [-0.15, -0.1) is 12.4 Å². The van der Waals surface area contributed by atoms with E-state index in [0.717, 1.165) is 18.7 Å². The van der Waals surface area contributed by atoms with E-state index in [2.05, 4.69) is 21.8 Å². The van der Waals surface area contributed by atoms with Crippen LogP contribution >= 0.6 is 12.4 Å². The van der Waals surface area contributed by atoms with Gasteiger partial charge in [0.05, 0.1) is 7.11 Å². The van der Waals surface area contributed by atoms with Crippen LogP contribution in [0.2, 0.25) is 0 Å². The Kier molecular flexibility index (Phi) is 7.20. The van der Waals surface area contributed by atoms with E-state index in [0.29, 0.717) is 12.3 Å². The van der Waals surface area contributed by atoms with E-state index in [-0.39, 0.29) is 30.1 Å². The lowest BCUT2D eigenvalue weighted by Gasteiger charge is -2.17. The molecule has 1 fully saturated rings. The summed E-state index contributed by atoms with van der Waals surface area (Å²) in [5.74, 6) is 0.624. The molecule has 2 aromatic rings. The van der Waals surface area contributed by atoms with Crippen molar-refractivity contribution in [2.24, 2.45) is 5.73 Å². The van der Waals surface area contributed by atoms with Crippen LogP contribution in [0.15, 0.2) is 48.5 Å². The monoisotopic (exact) mass is 384 g/mol. The predicted octanol–water partition coefficient (Wildman–Crippen LogP) is 3.65. The first-order chi connectivity index (χ1) is 12.1. The Bertz CT molecular complexity index is 703. The second kappa shape index (κ2) is 9.16. The van der Waals surface area contributed by atoms with Crippen molar-refractivity contribution in [3.63, 3.8) is 0 Å². The highest BCUT2D eigenvalue weighted by Gasteiger charge is 2.31. The molecule has 0 radical (unpaired) electrons. The highest BCUT2D eigenvalue weighted by atomic mass is 35.5. The summed E-state index contributed by atoms with van der Waals surface area (Å²) < 4.78 is 34.7. The molecule has 0 spiro atoms. The highest BCUT2D eigenvalue weighted by Crippen LogP contribution is 2.32. The van der Waals surface area contributed by atoms with Gasteiger partial charge in [0.15, 0.2) is 11.5 Å². The molecule has 0 aromatic heterocycles. The van der Waals surface area contributed by atoms with E-state index >= 15 is 0 Å². The number of halogens is 3. The molecule has 0 bridgehead atoms. The van der Waals surface area contributed by atoms with Gasteiger partial charge in [0.1, 0.15) is 0 Å². The van der Waals surface area contributed by atoms with Gasteiger partial charge < -0.3 is 15.2 Å². The summed E-state index contributed by atoms with van der Waals surface area (Å²) in [4.78, 5) is 2.23. The molecule has 0 saturated carbocycles. The van der Waals surface area contributed by atoms with Crippen molar-refractivity contribution in [2.45, 2.75) is 25.1 Å². The van der Waals surface area contributed by atoms with Crippen LogP contribution in [0.3, 0.4) is 0 Å². The maximum atomic E-state index is 12.6. The fourth-order valence-corrected chi connectivity index (χ4v) is 3.36. The molecule has 0 aliphatic carbocycles. The van der Waals surface area contributed by atoms with Crippen LogP contribution in [0, 0.1) is 0 Å². The Balaban J connectivity index is 0.00000243. The lowest BCUT2D eigenvalue weighted by molar-refractivity contribution is -0.0512. The van der Waals surface area contributed by atoms with Gasteiger partial charge in [0, 0.05) is 31.6 Å². The van der Waals surface area contributed by atoms with E-state index in [4.69, 9.17) is 10.5 Å². The van der Waals surface area contributed by atoms with Crippen molar-refractivity contribution in [3.05, 3.63) is 59.7 Å². The van der Waals surface area contributed by atoms with Gasteiger partial charge in [-0.3, -0.25) is 4.90 Å². The smallest absolute Gasteiger partial charge is 0.387 e. The zero-order chi connectivity index (χ0) is 17.8. The Hall–Kier alpha value is -1.89. The quantitative estimate of drug-likeness (QED) is 0.826. The highest BCUT2D eigenvalue weighted by molar-refractivity contribution is 5.85. The number of alkyl halides is 2. The molecule has 2 atom stereocenters. The van der Waals surface area contributed by atoms with Gasteiger partial charge in [-0.05, 0) is 23.3 Å². The molecule has 0 amide bonds. The third kappa shape index (κ3) is 4.84. The van der Waals surface area contributed by atoms with Crippen LogP contribution in [0.1, 0.15) is 17.0 Å². The second-order valence-corrected chi connectivity index (χ2v) is 6.24. The molecule has 1 heterocycles. The van der Waals surface area contributed by atoms with Crippen LogP contribution in [-0.2, 0) is 6.54 Å². The summed E-state index contributed by atoms with van der Waals surface area (Å²) >= 11 is 0. The first-order valence-corrected chi connectivity index (χ1v) is 8.21. The van der Waals surface area contributed by atoms with Crippen molar-refractivity contribution in [2.75, 3.05) is 20.2 Å². The van der Waals surface area contributed by atoms with Crippen LogP contribution in [0.5, 0.6) is 11.5 Å². The number of nitrogens with two attached hydrogens (primary N) is 1. The van der Waals surface area contributed by atoms with Crippen molar-refractivity contribution < 1.29 is 18.3 Å². The molecule has 3 rings (SSSR count). The molecule has 142 valence electrons. The summed E-state index contributed by atoms with van der Waals surface area (Å²) in [7, 11) is 1.43. The number of likely N-dealkylation sites (tertiary alicyclic amines) is 1. The molecular weight excluding hydrogens is 362 g/mol. The molecule has 2 N–H and O–H groups in total. The maximum absolute atomic E-state index is 12.6. The van der Waals surface area contributed by atoms with Gasteiger partial charge >= 0.3 is 6.61 Å². The maximum Gasteiger partial charge on any atom is 0.387 e. The van der Waals surface area contributed by atoms with Gasteiger partial charge in [-0.2, -0.15) is 8.78 Å². The predicted molar refractivity (Wildman–Crippen MR) is 99.3 cm³/mol. The number of hydrogen-bond acceptors (Lipinski definition) is 4. The number of benzene rings is 2. The first kappa shape index (κ1) is 20.4. The third-order valence-electron chi connectivity index (χ3n) is 4.52. The molecule has 26 heavy (non-hydrogen) atoms. The molecule has 7 heteroatoms. The van der Waals surface area contributed by atoms with Crippen molar-refractivity contribution in [3.8, 4) is 11.5 Å². The number of nitrogens with zero attached hydrogens (tertiary/aromatic N) is 1. The molecule has 1 aliphatic rings. The lowest BCUT2D eigenvalue weighted by Crippen LogP contribution is -2.28. The van der Waals surface area contributed by atoms with Gasteiger partial charge in [-0.1, -0.05) is 36.4 Å². The lowest BCUT2D eigenvalue weighted by atomic mass is 9.95. The average Bonchev–Trinajstić information content (AvgIpc) is 2.96. The fourth-order valence-electron chi connectivity index (χ4n) is 3.36. The largest absolute Gasteiger partial charge is 0.493 e. The van der Waals surface area contributed by atoms with Crippen molar-refractivity contribution >= 4 is 12.4 Å². The summed E-state index contributed by atoms with van der Waals surface area (Å²) in [6, 6.07) is 15.4. The molecule has 1 aliphatic heterocycles. The van der Waals surface area contributed by atoms with E-state index < -0.39 is 6.61 Å². The standard InChI is InChI=1S/C19H22F2N2O2.ClH/c1-24-17-8-7-13(9-18(17)25-19(20)21)10-23-11-15(16(22)12-23)14-5-3-2-4-6-14;/h2-9,15-16,19H,10-12,22H2,1H3;1H/t15-,16+;/m0./s1. The van der Waals surface area contributed by atoms with Crippen LogP contribution < -0.4 is 15.2 Å². The molecule has 4 nitrogen and oxygen atoms in total. The van der Waals surface area contributed by atoms with E-state index in [9.17, 15) is 8.78 Å². The number of ether oxygens (including phenoxy) is 2. The minimum atomic E-state index is -2.88. The van der Waals surface area contributed by atoms with Crippen molar-refractivity contribution in [1.29, 1.82) is 0 Å². The zero-order valence-electron chi connectivity index (χ0n) is 14.5. The number of rotatable bonds is 6. The Morgan fingerprint density at radius 3 is 2.50 bits per heavy atom. The zero-order valence-corrected chi connectivity index (χ0v) is 15.3. The summed E-state index contributed by atoms with van der Waals surface area (Å²) in [5.41, 5.74) is 8.43. The second-order valence-electron chi connectivity index (χ2n) is 6.24. The Morgan fingerprint density at radius 1 is 1.12 bits per heavy atom. The number of methoxy groups -OCH3 is 1. The minimum absolute atomic E-state index is 0. The topological polar surface area (TPSA) is 47.7 Å². The third-order valence-corrected chi connectivity index (χ3v) is 4.52. The van der Waals surface area contributed by atoms with Gasteiger partial charge in [0.25, 0.3) is 0 Å². The van der Waals surface area contributed by atoms with E-state index in [1.165, 1.54) is 12.7 Å².